The van der Waals surface area contributed by atoms with E-state index in [1.165, 1.54) is 36.5 Å². The van der Waals surface area contributed by atoms with Crippen molar-refractivity contribution < 1.29 is 36.7 Å². The molecule has 1 heterocycles. The third kappa shape index (κ3) is 7.04. The number of carbonyl (C=O) groups is 2. The molecule has 13 heteroatoms. The van der Waals surface area contributed by atoms with Crippen molar-refractivity contribution in [2.45, 2.75) is 13.1 Å². The fourth-order valence-electron chi connectivity index (χ4n) is 2.69. The first-order valence-electron chi connectivity index (χ1n) is 9.87. The number of benzene rings is 2. The standard InChI is InChI=1S/C22H17ClF4N4O4/c1-2-34-31-20(32)19-11-14(7-8-28-19)35-13-4-6-18(17(24)10-13)30-21(33)29-12-3-5-16(23)15(9-12)22(25,26)27/h3-11H,2H2,1H3,(H,31,32)(H2,29,30,33). The van der Waals surface area contributed by atoms with E-state index in [-0.39, 0.29) is 35.2 Å². The molecular weight excluding hydrogens is 496 g/mol. The van der Waals surface area contributed by atoms with Crippen LogP contribution in [0.3, 0.4) is 0 Å². The van der Waals surface area contributed by atoms with Gasteiger partial charge in [-0.1, -0.05) is 11.6 Å². The molecule has 0 aliphatic heterocycles. The second-order valence-electron chi connectivity index (χ2n) is 6.76. The van der Waals surface area contributed by atoms with Gasteiger partial charge in [-0.15, -0.1) is 0 Å². The molecule has 0 spiro atoms. The molecule has 3 aromatic rings. The summed E-state index contributed by atoms with van der Waals surface area (Å²) in [5.41, 5.74) is 0.605. The van der Waals surface area contributed by atoms with E-state index in [0.717, 1.165) is 12.1 Å². The Morgan fingerprint density at radius 3 is 2.46 bits per heavy atom. The van der Waals surface area contributed by atoms with Gasteiger partial charge in [-0.2, -0.15) is 13.2 Å². The van der Waals surface area contributed by atoms with E-state index >= 15 is 0 Å². The molecule has 0 saturated carbocycles. The number of pyridine rings is 1. The number of nitrogens with one attached hydrogen (secondary N) is 3. The number of carbonyl (C=O) groups excluding carboxylic acids is 2. The molecule has 0 unspecified atom stereocenters. The number of alkyl halides is 3. The maximum Gasteiger partial charge on any atom is 0.417 e. The fourth-order valence-corrected chi connectivity index (χ4v) is 2.92. The Morgan fingerprint density at radius 1 is 1.03 bits per heavy atom. The maximum atomic E-state index is 14.5. The number of anilines is 2. The van der Waals surface area contributed by atoms with Crippen LogP contribution >= 0.6 is 11.6 Å². The van der Waals surface area contributed by atoms with Crippen LogP contribution < -0.4 is 20.9 Å². The lowest BCUT2D eigenvalue weighted by Crippen LogP contribution is -2.24. The molecule has 0 saturated heterocycles. The second-order valence-corrected chi connectivity index (χ2v) is 7.16. The first-order valence-corrected chi connectivity index (χ1v) is 10.2. The molecule has 0 bridgehead atoms. The number of amides is 3. The first-order chi connectivity index (χ1) is 16.6. The Labute approximate surface area is 201 Å². The fraction of sp³-hybridized carbons (Fsp3) is 0.136. The summed E-state index contributed by atoms with van der Waals surface area (Å²) in [6, 6.07) is 8.09. The minimum absolute atomic E-state index is 0.00209. The Bertz CT molecular complexity index is 1240. The number of urea groups is 1. The third-order valence-electron chi connectivity index (χ3n) is 4.23. The maximum absolute atomic E-state index is 14.5. The molecule has 184 valence electrons. The van der Waals surface area contributed by atoms with Crippen LogP contribution in [0.2, 0.25) is 5.02 Å². The van der Waals surface area contributed by atoms with Crippen LogP contribution in [0.25, 0.3) is 0 Å². The molecular formula is C22H17ClF4N4O4. The van der Waals surface area contributed by atoms with Crippen LogP contribution in [0, 0.1) is 5.82 Å². The van der Waals surface area contributed by atoms with E-state index in [4.69, 9.17) is 21.2 Å². The molecule has 1 aromatic heterocycles. The van der Waals surface area contributed by atoms with Gasteiger partial charge in [-0.25, -0.2) is 14.7 Å². The predicted molar refractivity (Wildman–Crippen MR) is 119 cm³/mol. The van der Waals surface area contributed by atoms with Crippen molar-refractivity contribution in [1.29, 1.82) is 0 Å². The minimum atomic E-state index is -4.71. The third-order valence-corrected chi connectivity index (χ3v) is 4.56. The molecule has 35 heavy (non-hydrogen) atoms. The monoisotopic (exact) mass is 512 g/mol. The molecule has 0 aliphatic carbocycles. The average molecular weight is 513 g/mol. The summed E-state index contributed by atoms with van der Waals surface area (Å²) in [6.07, 6.45) is -3.40. The van der Waals surface area contributed by atoms with Crippen LogP contribution in [0.5, 0.6) is 11.5 Å². The summed E-state index contributed by atoms with van der Waals surface area (Å²) in [7, 11) is 0. The van der Waals surface area contributed by atoms with Gasteiger partial charge < -0.3 is 15.4 Å². The van der Waals surface area contributed by atoms with Gasteiger partial charge in [0.1, 0.15) is 23.0 Å². The number of hydrogen-bond donors (Lipinski definition) is 3. The van der Waals surface area contributed by atoms with E-state index in [9.17, 15) is 27.2 Å². The number of halogens is 5. The lowest BCUT2D eigenvalue weighted by Gasteiger charge is -2.13. The predicted octanol–water partition coefficient (Wildman–Crippen LogP) is 6.01. The minimum Gasteiger partial charge on any atom is -0.457 e. The number of nitrogens with zero attached hydrogens (tertiary/aromatic N) is 1. The lowest BCUT2D eigenvalue weighted by atomic mass is 10.2. The molecule has 3 N–H and O–H groups in total. The van der Waals surface area contributed by atoms with Crippen molar-refractivity contribution in [1.82, 2.24) is 10.5 Å². The SMILES string of the molecule is CCONC(=O)c1cc(Oc2ccc(NC(=O)Nc3ccc(Cl)c(C(F)(F)F)c3)c(F)c2)ccn1. The van der Waals surface area contributed by atoms with Crippen LogP contribution in [0.1, 0.15) is 23.0 Å². The van der Waals surface area contributed by atoms with Gasteiger partial charge in [0.2, 0.25) is 0 Å². The topological polar surface area (TPSA) is 102 Å². The van der Waals surface area contributed by atoms with Gasteiger partial charge in [0.05, 0.1) is 22.9 Å². The molecule has 2 aromatic carbocycles. The molecule has 0 radical (unpaired) electrons. The summed E-state index contributed by atoms with van der Waals surface area (Å²) in [5.74, 6) is -1.25. The van der Waals surface area contributed by atoms with E-state index in [0.29, 0.717) is 6.07 Å². The number of ether oxygens (including phenoxy) is 1. The van der Waals surface area contributed by atoms with E-state index < -0.39 is 34.5 Å². The summed E-state index contributed by atoms with van der Waals surface area (Å²) in [6.45, 7) is 1.94. The average Bonchev–Trinajstić information content (AvgIpc) is 2.80. The zero-order chi connectivity index (χ0) is 25.6. The van der Waals surface area contributed by atoms with Gasteiger partial charge in [-0.05, 0) is 43.3 Å². The van der Waals surface area contributed by atoms with E-state index in [2.05, 4.69) is 21.1 Å². The van der Waals surface area contributed by atoms with Crippen LogP contribution in [0.15, 0.2) is 54.7 Å². The number of hydroxylamine groups is 1. The van der Waals surface area contributed by atoms with Crippen molar-refractivity contribution in [2.24, 2.45) is 0 Å². The second kappa shape index (κ2) is 11.0. The van der Waals surface area contributed by atoms with Crippen molar-refractivity contribution in [3.05, 3.63) is 76.8 Å². The zero-order valence-corrected chi connectivity index (χ0v) is 18.6. The lowest BCUT2D eigenvalue weighted by molar-refractivity contribution is -0.137. The zero-order valence-electron chi connectivity index (χ0n) is 17.9. The van der Waals surface area contributed by atoms with Crippen molar-refractivity contribution in [2.75, 3.05) is 17.2 Å². The Morgan fingerprint density at radius 2 is 1.77 bits per heavy atom. The Balaban J connectivity index is 1.66. The largest absolute Gasteiger partial charge is 0.457 e. The van der Waals surface area contributed by atoms with Gasteiger partial charge in [0.15, 0.2) is 0 Å². The van der Waals surface area contributed by atoms with Crippen LogP contribution in [-0.2, 0) is 11.0 Å². The molecule has 0 atom stereocenters. The van der Waals surface area contributed by atoms with Gasteiger partial charge in [0, 0.05) is 24.0 Å². The van der Waals surface area contributed by atoms with Crippen LogP contribution in [0.4, 0.5) is 33.7 Å². The molecule has 0 fully saturated rings. The summed E-state index contributed by atoms with van der Waals surface area (Å²) < 4.78 is 58.9. The molecule has 8 nitrogen and oxygen atoms in total. The number of hydrogen-bond acceptors (Lipinski definition) is 5. The van der Waals surface area contributed by atoms with Crippen molar-refractivity contribution in [3.8, 4) is 11.5 Å². The highest BCUT2D eigenvalue weighted by atomic mass is 35.5. The first kappa shape index (κ1) is 25.7. The number of rotatable bonds is 7. The molecule has 3 amide bonds. The molecule has 3 rings (SSSR count). The highest BCUT2D eigenvalue weighted by Gasteiger charge is 2.33. The van der Waals surface area contributed by atoms with Crippen molar-refractivity contribution >= 4 is 34.9 Å². The smallest absolute Gasteiger partial charge is 0.417 e. The highest BCUT2D eigenvalue weighted by Crippen LogP contribution is 2.36. The summed E-state index contributed by atoms with van der Waals surface area (Å²) >= 11 is 5.55. The molecule has 0 aliphatic rings. The van der Waals surface area contributed by atoms with E-state index in [1.807, 2.05) is 0 Å². The quantitative estimate of drug-likeness (QED) is 0.266. The Kier molecular flexibility index (Phi) is 8.10. The van der Waals surface area contributed by atoms with Gasteiger partial charge in [0.25, 0.3) is 5.91 Å². The van der Waals surface area contributed by atoms with Crippen LogP contribution in [-0.4, -0.2) is 23.5 Å². The van der Waals surface area contributed by atoms with Crippen molar-refractivity contribution in [3.63, 3.8) is 0 Å². The summed E-state index contributed by atoms with van der Waals surface area (Å²) in [5, 5.41) is 3.85. The number of aromatic nitrogens is 1. The Hall–Kier alpha value is -3.90. The normalized spacial score (nSPS) is 11.0. The summed E-state index contributed by atoms with van der Waals surface area (Å²) in [4.78, 5) is 32.7. The van der Waals surface area contributed by atoms with Gasteiger partial charge in [-0.3, -0.25) is 14.6 Å². The highest BCUT2D eigenvalue weighted by molar-refractivity contribution is 6.31. The van der Waals surface area contributed by atoms with E-state index in [1.54, 1.807) is 6.92 Å². The van der Waals surface area contributed by atoms with Gasteiger partial charge >= 0.3 is 12.2 Å².